The summed E-state index contributed by atoms with van der Waals surface area (Å²) in [5.41, 5.74) is 7.74. The lowest BCUT2D eigenvalue weighted by Crippen LogP contribution is -2.27. The molecule has 1 atom stereocenters. The van der Waals surface area contributed by atoms with Gasteiger partial charge in [-0.15, -0.1) is 0 Å². The highest BCUT2D eigenvalue weighted by molar-refractivity contribution is 5.98. The van der Waals surface area contributed by atoms with Gasteiger partial charge >= 0.3 is 0 Å². The minimum absolute atomic E-state index is 0.215. The van der Waals surface area contributed by atoms with Gasteiger partial charge in [-0.1, -0.05) is 0 Å². The molecule has 108 valence electrons. The van der Waals surface area contributed by atoms with E-state index in [1.54, 1.807) is 18.3 Å². The number of benzene rings is 1. The first-order valence-electron chi connectivity index (χ1n) is 6.64. The number of aryl methyl sites for hydroxylation is 1. The van der Waals surface area contributed by atoms with Gasteiger partial charge in [0.05, 0.1) is 6.20 Å². The second kappa shape index (κ2) is 4.97. The molecular formula is C15H16N4O2. The lowest BCUT2D eigenvalue weighted by Gasteiger charge is -2.09. The van der Waals surface area contributed by atoms with E-state index in [1.807, 2.05) is 26.0 Å². The third kappa shape index (κ3) is 2.60. The highest BCUT2D eigenvalue weighted by Crippen LogP contribution is 2.19. The van der Waals surface area contributed by atoms with E-state index in [0.717, 1.165) is 10.9 Å². The number of nitrogens with one attached hydrogen (secondary N) is 2. The summed E-state index contributed by atoms with van der Waals surface area (Å²) < 4.78 is 5.40. The van der Waals surface area contributed by atoms with Gasteiger partial charge in [-0.25, -0.2) is 4.98 Å². The van der Waals surface area contributed by atoms with E-state index in [1.165, 1.54) is 0 Å². The summed E-state index contributed by atoms with van der Waals surface area (Å²) in [7, 11) is 0. The van der Waals surface area contributed by atoms with Crippen molar-refractivity contribution in [2.45, 2.75) is 19.9 Å². The first-order chi connectivity index (χ1) is 10.0. The molecule has 0 spiro atoms. The number of carbonyl (C=O) groups is 1. The van der Waals surface area contributed by atoms with Gasteiger partial charge in [-0.3, -0.25) is 4.79 Å². The van der Waals surface area contributed by atoms with E-state index < -0.39 is 0 Å². The molecule has 3 aromatic rings. The SMILES string of the molecule is Cc1cnc(C(C)NC(=O)c2cc3cc(N)ccc3[nH]2)o1. The summed E-state index contributed by atoms with van der Waals surface area (Å²) >= 11 is 0. The number of fused-ring (bicyclic) bond motifs is 1. The van der Waals surface area contributed by atoms with Crippen LogP contribution in [0.15, 0.2) is 34.9 Å². The largest absolute Gasteiger partial charge is 0.444 e. The maximum absolute atomic E-state index is 12.2. The van der Waals surface area contributed by atoms with Crippen molar-refractivity contribution >= 4 is 22.5 Å². The fourth-order valence-electron chi connectivity index (χ4n) is 2.18. The smallest absolute Gasteiger partial charge is 0.268 e. The van der Waals surface area contributed by atoms with Crippen LogP contribution in [-0.4, -0.2) is 15.9 Å². The molecule has 0 bridgehead atoms. The van der Waals surface area contributed by atoms with E-state index in [4.69, 9.17) is 10.2 Å². The monoisotopic (exact) mass is 284 g/mol. The Morgan fingerprint density at radius 3 is 2.95 bits per heavy atom. The number of amides is 1. The average molecular weight is 284 g/mol. The molecule has 3 rings (SSSR count). The maximum Gasteiger partial charge on any atom is 0.268 e. The van der Waals surface area contributed by atoms with Gasteiger partial charge in [0.25, 0.3) is 5.91 Å². The summed E-state index contributed by atoms with van der Waals surface area (Å²) in [6, 6.07) is 6.93. The number of carbonyl (C=O) groups excluding carboxylic acids is 1. The predicted octanol–water partition coefficient (Wildman–Crippen LogP) is 2.54. The zero-order chi connectivity index (χ0) is 15.0. The molecule has 0 aliphatic heterocycles. The van der Waals surface area contributed by atoms with E-state index in [2.05, 4.69) is 15.3 Å². The van der Waals surface area contributed by atoms with Gasteiger partial charge in [0.1, 0.15) is 17.5 Å². The molecule has 6 heteroatoms. The summed E-state index contributed by atoms with van der Waals surface area (Å²) in [5.74, 6) is 0.988. The van der Waals surface area contributed by atoms with E-state index in [-0.39, 0.29) is 11.9 Å². The third-order valence-electron chi connectivity index (χ3n) is 3.25. The van der Waals surface area contributed by atoms with Crippen LogP contribution in [0.4, 0.5) is 5.69 Å². The second-order valence-corrected chi connectivity index (χ2v) is 5.03. The van der Waals surface area contributed by atoms with Crippen LogP contribution >= 0.6 is 0 Å². The van der Waals surface area contributed by atoms with Crippen molar-refractivity contribution in [2.24, 2.45) is 0 Å². The number of nitrogens with zero attached hydrogens (tertiary/aromatic N) is 1. The second-order valence-electron chi connectivity index (χ2n) is 5.03. The van der Waals surface area contributed by atoms with Crippen molar-refractivity contribution in [3.05, 3.63) is 47.8 Å². The van der Waals surface area contributed by atoms with Gasteiger partial charge in [0.15, 0.2) is 0 Å². The minimum Gasteiger partial charge on any atom is -0.444 e. The molecule has 1 aromatic carbocycles. The molecule has 0 saturated heterocycles. The van der Waals surface area contributed by atoms with Gasteiger partial charge in [-0.2, -0.15) is 0 Å². The molecule has 1 amide bonds. The standard InChI is InChI=1S/C15H16N4O2/c1-8-7-17-15(21-8)9(2)18-14(20)13-6-10-5-11(16)3-4-12(10)19-13/h3-7,9,19H,16H2,1-2H3,(H,18,20). The fraction of sp³-hybridized carbons (Fsp3) is 0.200. The molecule has 2 aromatic heterocycles. The average Bonchev–Trinajstić information content (AvgIpc) is 3.04. The number of aromatic nitrogens is 2. The van der Waals surface area contributed by atoms with E-state index in [9.17, 15) is 4.79 Å². The number of rotatable bonds is 3. The van der Waals surface area contributed by atoms with Gasteiger partial charge in [0.2, 0.25) is 5.89 Å². The Morgan fingerprint density at radius 2 is 2.24 bits per heavy atom. The van der Waals surface area contributed by atoms with Crippen molar-refractivity contribution in [1.29, 1.82) is 0 Å². The molecule has 0 saturated carbocycles. The molecular weight excluding hydrogens is 268 g/mol. The number of hydrogen-bond acceptors (Lipinski definition) is 4. The molecule has 21 heavy (non-hydrogen) atoms. The van der Waals surface area contributed by atoms with Crippen LogP contribution in [0.25, 0.3) is 10.9 Å². The number of hydrogen-bond donors (Lipinski definition) is 3. The Balaban J connectivity index is 1.80. The van der Waals surface area contributed by atoms with Gasteiger partial charge < -0.3 is 20.5 Å². The Hall–Kier alpha value is -2.76. The summed E-state index contributed by atoms with van der Waals surface area (Å²) in [6.45, 7) is 3.64. The van der Waals surface area contributed by atoms with Crippen molar-refractivity contribution in [1.82, 2.24) is 15.3 Å². The molecule has 2 heterocycles. The normalized spacial score (nSPS) is 12.5. The summed E-state index contributed by atoms with van der Waals surface area (Å²) in [6.07, 6.45) is 1.63. The lowest BCUT2D eigenvalue weighted by molar-refractivity contribution is 0.0929. The summed E-state index contributed by atoms with van der Waals surface area (Å²) in [4.78, 5) is 19.4. The minimum atomic E-state index is -0.303. The van der Waals surface area contributed by atoms with Crippen LogP contribution < -0.4 is 11.1 Å². The quantitative estimate of drug-likeness (QED) is 0.644. The van der Waals surface area contributed by atoms with Crippen LogP contribution in [0, 0.1) is 6.92 Å². The topological polar surface area (TPSA) is 96.9 Å². The molecule has 0 radical (unpaired) electrons. The Kier molecular flexibility index (Phi) is 3.13. The third-order valence-corrected chi connectivity index (χ3v) is 3.25. The first kappa shape index (κ1) is 13.2. The molecule has 6 nitrogen and oxygen atoms in total. The van der Waals surface area contributed by atoms with Crippen LogP contribution in [0.2, 0.25) is 0 Å². The molecule has 0 aliphatic rings. The summed E-state index contributed by atoms with van der Waals surface area (Å²) in [5, 5.41) is 3.75. The highest BCUT2D eigenvalue weighted by atomic mass is 16.4. The molecule has 1 unspecified atom stereocenters. The lowest BCUT2D eigenvalue weighted by atomic mass is 10.2. The van der Waals surface area contributed by atoms with Gasteiger partial charge in [0, 0.05) is 16.6 Å². The van der Waals surface area contributed by atoms with Crippen LogP contribution in [0.3, 0.4) is 0 Å². The van der Waals surface area contributed by atoms with Crippen LogP contribution in [-0.2, 0) is 0 Å². The number of aromatic amines is 1. The van der Waals surface area contributed by atoms with Crippen LogP contribution in [0.1, 0.15) is 35.1 Å². The predicted molar refractivity (Wildman–Crippen MR) is 79.8 cm³/mol. The Morgan fingerprint density at radius 1 is 1.43 bits per heavy atom. The number of oxazole rings is 1. The number of nitrogens with two attached hydrogens (primary N) is 1. The van der Waals surface area contributed by atoms with Gasteiger partial charge in [-0.05, 0) is 38.1 Å². The molecule has 4 N–H and O–H groups in total. The Bertz CT molecular complexity index is 803. The van der Waals surface area contributed by atoms with Crippen molar-refractivity contribution in [3.8, 4) is 0 Å². The number of nitrogen functional groups attached to an aromatic ring is 1. The van der Waals surface area contributed by atoms with Crippen molar-refractivity contribution in [3.63, 3.8) is 0 Å². The maximum atomic E-state index is 12.2. The van der Waals surface area contributed by atoms with E-state index in [0.29, 0.717) is 23.0 Å². The number of anilines is 1. The number of H-pyrrole nitrogens is 1. The highest BCUT2D eigenvalue weighted by Gasteiger charge is 2.17. The Labute approximate surface area is 121 Å². The van der Waals surface area contributed by atoms with Crippen molar-refractivity contribution in [2.75, 3.05) is 5.73 Å². The zero-order valence-electron chi connectivity index (χ0n) is 11.8. The molecule has 0 aliphatic carbocycles. The van der Waals surface area contributed by atoms with Crippen LogP contribution in [0.5, 0.6) is 0 Å². The first-order valence-corrected chi connectivity index (χ1v) is 6.64. The van der Waals surface area contributed by atoms with E-state index >= 15 is 0 Å². The fourth-order valence-corrected chi connectivity index (χ4v) is 2.18. The molecule has 0 fully saturated rings. The van der Waals surface area contributed by atoms with Crippen molar-refractivity contribution < 1.29 is 9.21 Å². The zero-order valence-corrected chi connectivity index (χ0v) is 11.8.